The molecule has 2 rings (SSSR count). The number of amides is 1. The van der Waals surface area contributed by atoms with Gasteiger partial charge in [0, 0.05) is 12.1 Å². The van der Waals surface area contributed by atoms with Gasteiger partial charge in [0.2, 0.25) is 0 Å². The Kier molecular flexibility index (Phi) is 2.74. The fourth-order valence-electron chi connectivity index (χ4n) is 2.67. The number of carbonyl (C=O) groups is 1. The standard InChI is InChI=1S/C14H19NO2/c1-6-15-13(16)11-9(4)7(2)8(3)10(5)12(11)14(15)17/h13,16H,6H2,1-5H3. The minimum Gasteiger partial charge on any atom is -0.369 e. The first-order valence-electron chi connectivity index (χ1n) is 6.01. The molecule has 0 saturated heterocycles. The molecule has 0 fully saturated rings. The molecule has 0 aromatic heterocycles. The summed E-state index contributed by atoms with van der Waals surface area (Å²) in [6.07, 6.45) is -0.777. The van der Waals surface area contributed by atoms with Gasteiger partial charge in [-0.05, 0) is 56.9 Å². The minimum atomic E-state index is -0.777. The molecule has 0 spiro atoms. The minimum absolute atomic E-state index is 0.0429. The van der Waals surface area contributed by atoms with Gasteiger partial charge in [0.1, 0.15) is 0 Å². The van der Waals surface area contributed by atoms with Crippen molar-refractivity contribution in [2.45, 2.75) is 40.8 Å². The predicted octanol–water partition coefficient (Wildman–Crippen LogP) is 2.39. The van der Waals surface area contributed by atoms with E-state index in [2.05, 4.69) is 0 Å². The molecule has 0 radical (unpaired) electrons. The number of hydrogen-bond acceptors (Lipinski definition) is 2. The second kappa shape index (κ2) is 3.84. The quantitative estimate of drug-likeness (QED) is 0.809. The smallest absolute Gasteiger partial charge is 0.256 e. The number of nitrogens with zero attached hydrogens (tertiary/aromatic N) is 1. The molecule has 1 unspecified atom stereocenters. The van der Waals surface area contributed by atoms with E-state index in [1.807, 2.05) is 34.6 Å². The Bertz CT molecular complexity index is 506. The summed E-state index contributed by atoms with van der Waals surface area (Å²) in [7, 11) is 0. The molecular weight excluding hydrogens is 214 g/mol. The summed E-state index contributed by atoms with van der Waals surface area (Å²) in [6, 6.07) is 0. The monoisotopic (exact) mass is 233 g/mol. The van der Waals surface area contributed by atoms with Crippen molar-refractivity contribution in [3.63, 3.8) is 0 Å². The van der Waals surface area contributed by atoms with E-state index in [1.54, 1.807) is 0 Å². The largest absolute Gasteiger partial charge is 0.369 e. The maximum absolute atomic E-state index is 12.2. The first-order valence-corrected chi connectivity index (χ1v) is 6.01. The van der Waals surface area contributed by atoms with Crippen molar-refractivity contribution in [2.75, 3.05) is 6.54 Å². The zero-order chi connectivity index (χ0) is 12.9. The Labute approximate surface area is 102 Å². The molecule has 1 heterocycles. The van der Waals surface area contributed by atoms with Crippen LogP contribution in [0.2, 0.25) is 0 Å². The van der Waals surface area contributed by atoms with Gasteiger partial charge in [-0.1, -0.05) is 0 Å². The molecule has 1 aromatic carbocycles. The molecule has 3 nitrogen and oxygen atoms in total. The first-order chi connectivity index (χ1) is 7.91. The maximum atomic E-state index is 12.2. The van der Waals surface area contributed by atoms with Gasteiger partial charge >= 0.3 is 0 Å². The van der Waals surface area contributed by atoms with Gasteiger partial charge in [-0.3, -0.25) is 4.79 Å². The third kappa shape index (κ3) is 1.42. The Balaban J connectivity index is 2.79. The zero-order valence-electron chi connectivity index (χ0n) is 11.1. The molecule has 1 amide bonds. The number of aliphatic hydroxyl groups excluding tert-OH is 1. The molecule has 92 valence electrons. The van der Waals surface area contributed by atoms with Crippen LogP contribution < -0.4 is 0 Å². The topological polar surface area (TPSA) is 40.5 Å². The van der Waals surface area contributed by atoms with E-state index >= 15 is 0 Å². The lowest BCUT2D eigenvalue weighted by atomic mass is 9.90. The lowest BCUT2D eigenvalue weighted by molar-refractivity contribution is 0.0200. The summed E-state index contributed by atoms with van der Waals surface area (Å²) < 4.78 is 0. The predicted molar refractivity (Wildman–Crippen MR) is 67.1 cm³/mol. The van der Waals surface area contributed by atoms with Crippen LogP contribution in [0.15, 0.2) is 0 Å². The molecule has 0 saturated carbocycles. The third-order valence-electron chi connectivity index (χ3n) is 4.10. The number of aliphatic hydroxyl groups is 1. The van der Waals surface area contributed by atoms with Crippen molar-refractivity contribution in [1.82, 2.24) is 4.90 Å². The lowest BCUT2D eigenvalue weighted by Gasteiger charge is -2.19. The van der Waals surface area contributed by atoms with Crippen molar-refractivity contribution >= 4 is 5.91 Å². The van der Waals surface area contributed by atoms with E-state index in [0.29, 0.717) is 12.1 Å². The summed E-state index contributed by atoms with van der Waals surface area (Å²) in [6.45, 7) is 10.4. The van der Waals surface area contributed by atoms with Crippen LogP contribution in [0.3, 0.4) is 0 Å². The number of fused-ring (bicyclic) bond motifs is 1. The Morgan fingerprint density at radius 2 is 1.59 bits per heavy atom. The van der Waals surface area contributed by atoms with Crippen molar-refractivity contribution < 1.29 is 9.90 Å². The SMILES string of the molecule is CCN1C(=O)c2c(C)c(C)c(C)c(C)c2C1O. The molecule has 1 atom stereocenters. The van der Waals surface area contributed by atoms with Gasteiger partial charge in [-0.25, -0.2) is 0 Å². The highest BCUT2D eigenvalue weighted by molar-refractivity contribution is 6.01. The highest BCUT2D eigenvalue weighted by atomic mass is 16.3. The average molecular weight is 233 g/mol. The average Bonchev–Trinajstić information content (AvgIpc) is 2.55. The summed E-state index contributed by atoms with van der Waals surface area (Å²) >= 11 is 0. The molecule has 0 bridgehead atoms. The van der Waals surface area contributed by atoms with Crippen LogP contribution in [0.5, 0.6) is 0 Å². The summed E-state index contributed by atoms with van der Waals surface area (Å²) in [5, 5.41) is 10.2. The van der Waals surface area contributed by atoms with E-state index < -0.39 is 6.23 Å². The van der Waals surface area contributed by atoms with Crippen LogP contribution in [0.1, 0.15) is 51.3 Å². The van der Waals surface area contributed by atoms with Gasteiger partial charge < -0.3 is 10.0 Å². The highest BCUT2D eigenvalue weighted by Crippen LogP contribution is 2.38. The van der Waals surface area contributed by atoms with Gasteiger partial charge in [0.15, 0.2) is 6.23 Å². The first kappa shape index (κ1) is 12.1. The van der Waals surface area contributed by atoms with E-state index in [0.717, 1.165) is 22.3 Å². The maximum Gasteiger partial charge on any atom is 0.256 e. The molecule has 1 aliphatic rings. The zero-order valence-corrected chi connectivity index (χ0v) is 11.1. The Morgan fingerprint density at radius 1 is 1.06 bits per heavy atom. The van der Waals surface area contributed by atoms with Crippen LogP contribution >= 0.6 is 0 Å². The van der Waals surface area contributed by atoms with Crippen molar-refractivity contribution in [1.29, 1.82) is 0 Å². The summed E-state index contributed by atoms with van der Waals surface area (Å²) in [4.78, 5) is 13.8. The summed E-state index contributed by atoms with van der Waals surface area (Å²) in [5.74, 6) is -0.0429. The highest BCUT2D eigenvalue weighted by Gasteiger charge is 2.38. The number of carbonyl (C=O) groups excluding carboxylic acids is 1. The van der Waals surface area contributed by atoms with Crippen molar-refractivity contribution in [2.24, 2.45) is 0 Å². The van der Waals surface area contributed by atoms with E-state index in [9.17, 15) is 9.90 Å². The fraction of sp³-hybridized carbons (Fsp3) is 0.500. The number of benzene rings is 1. The molecule has 0 aliphatic carbocycles. The normalized spacial score (nSPS) is 18.8. The number of hydrogen-bond donors (Lipinski definition) is 1. The molecule has 3 heteroatoms. The van der Waals surface area contributed by atoms with Crippen LogP contribution in [0.25, 0.3) is 0 Å². The second-order valence-electron chi connectivity index (χ2n) is 4.75. The molecule has 1 N–H and O–H groups in total. The van der Waals surface area contributed by atoms with Crippen molar-refractivity contribution in [3.05, 3.63) is 33.4 Å². The molecular formula is C14H19NO2. The molecule has 1 aliphatic heterocycles. The van der Waals surface area contributed by atoms with Gasteiger partial charge in [-0.2, -0.15) is 0 Å². The van der Waals surface area contributed by atoms with E-state index in [-0.39, 0.29) is 5.91 Å². The Hall–Kier alpha value is -1.35. The van der Waals surface area contributed by atoms with E-state index in [1.165, 1.54) is 10.5 Å². The van der Waals surface area contributed by atoms with Gasteiger partial charge in [-0.15, -0.1) is 0 Å². The Morgan fingerprint density at radius 3 is 2.12 bits per heavy atom. The number of rotatable bonds is 1. The molecule has 1 aromatic rings. The molecule has 17 heavy (non-hydrogen) atoms. The van der Waals surface area contributed by atoms with Crippen LogP contribution in [0.4, 0.5) is 0 Å². The lowest BCUT2D eigenvalue weighted by Crippen LogP contribution is -2.27. The third-order valence-corrected chi connectivity index (χ3v) is 4.10. The van der Waals surface area contributed by atoms with Crippen LogP contribution in [-0.2, 0) is 0 Å². The summed E-state index contributed by atoms with van der Waals surface area (Å²) in [5.41, 5.74) is 5.88. The second-order valence-corrected chi connectivity index (χ2v) is 4.75. The van der Waals surface area contributed by atoms with E-state index in [4.69, 9.17) is 0 Å². The van der Waals surface area contributed by atoms with Gasteiger partial charge in [0.05, 0.1) is 5.56 Å². The van der Waals surface area contributed by atoms with Crippen LogP contribution in [0, 0.1) is 27.7 Å². The van der Waals surface area contributed by atoms with Crippen molar-refractivity contribution in [3.8, 4) is 0 Å². The van der Waals surface area contributed by atoms with Crippen LogP contribution in [-0.4, -0.2) is 22.5 Å². The fourth-order valence-corrected chi connectivity index (χ4v) is 2.67. The van der Waals surface area contributed by atoms with Gasteiger partial charge in [0.25, 0.3) is 5.91 Å².